The van der Waals surface area contributed by atoms with E-state index in [1.807, 2.05) is 20.8 Å². The van der Waals surface area contributed by atoms with Crippen molar-refractivity contribution in [1.29, 1.82) is 0 Å². The van der Waals surface area contributed by atoms with Gasteiger partial charge in [-0.15, -0.1) is 0 Å². The molecule has 0 aliphatic rings. The van der Waals surface area contributed by atoms with Crippen LogP contribution in [-0.2, 0) is 6.54 Å². The van der Waals surface area contributed by atoms with E-state index >= 15 is 0 Å². The summed E-state index contributed by atoms with van der Waals surface area (Å²) in [7, 11) is 0. The molecular weight excluding hydrogens is 178 g/mol. The van der Waals surface area contributed by atoms with E-state index in [-0.39, 0.29) is 6.61 Å². The van der Waals surface area contributed by atoms with Crippen LogP contribution < -0.4 is 5.32 Å². The molecule has 80 valence electrons. The van der Waals surface area contributed by atoms with Crippen LogP contribution in [0.3, 0.4) is 0 Å². The Labute approximate surface area is 84.7 Å². The number of aliphatic hydroxyl groups excluding tert-OH is 1. The molecule has 4 heteroatoms. The van der Waals surface area contributed by atoms with Crippen molar-refractivity contribution in [2.75, 3.05) is 13.2 Å². The van der Waals surface area contributed by atoms with Gasteiger partial charge in [0.25, 0.3) is 0 Å². The molecule has 1 unspecified atom stereocenters. The Morgan fingerprint density at radius 2 is 2.21 bits per heavy atom. The molecule has 0 radical (unpaired) electrons. The molecule has 1 rings (SSSR count). The summed E-state index contributed by atoms with van der Waals surface area (Å²) < 4.78 is 0. The van der Waals surface area contributed by atoms with Crippen molar-refractivity contribution in [3.63, 3.8) is 0 Å². The van der Waals surface area contributed by atoms with Gasteiger partial charge in [-0.2, -0.15) is 5.10 Å². The highest BCUT2D eigenvalue weighted by Crippen LogP contribution is 2.08. The molecule has 0 amide bonds. The van der Waals surface area contributed by atoms with Crippen LogP contribution in [0.1, 0.15) is 23.9 Å². The van der Waals surface area contributed by atoms with Crippen molar-refractivity contribution in [1.82, 2.24) is 15.5 Å². The average molecular weight is 197 g/mol. The van der Waals surface area contributed by atoms with E-state index in [1.54, 1.807) is 0 Å². The number of nitrogens with zero attached hydrogens (tertiary/aromatic N) is 1. The van der Waals surface area contributed by atoms with Gasteiger partial charge in [-0.05, 0) is 19.8 Å². The number of aromatic nitrogens is 2. The van der Waals surface area contributed by atoms with Crippen LogP contribution in [0.15, 0.2) is 0 Å². The van der Waals surface area contributed by atoms with E-state index in [0.29, 0.717) is 5.92 Å². The summed E-state index contributed by atoms with van der Waals surface area (Å²) in [5.74, 6) is 0.308. The molecular formula is C10H19N3O. The molecule has 14 heavy (non-hydrogen) atoms. The zero-order valence-electron chi connectivity index (χ0n) is 9.09. The lowest BCUT2D eigenvalue weighted by molar-refractivity contribution is 0.233. The molecule has 1 atom stereocenters. The van der Waals surface area contributed by atoms with E-state index < -0.39 is 0 Å². The van der Waals surface area contributed by atoms with E-state index in [9.17, 15) is 0 Å². The lowest BCUT2D eigenvalue weighted by Gasteiger charge is -2.09. The largest absolute Gasteiger partial charge is 0.396 e. The van der Waals surface area contributed by atoms with Gasteiger partial charge in [0.1, 0.15) is 0 Å². The topological polar surface area (TPSA) is 60.9 Å². The van der Waals surface area contributed by atoms with Crippen LogP contribution in [0, 0.1) is 19.8 Å². The zero-order chi connectivity index (χ0) is 10.6. The van der Waals surface area contributed by atoms with Crippen LogP contribution >= 0.6 is 0 Å². The van der Waals surface area contributed by atoms with Crippen molar-refractivity contribution < 1.29 is 5.11 Å². The maximum Gasteiger partial charge on any atom is 0.0638 e. The zero-order valence-corrected chi connectivity index (χ0v) is 9.09. The highest BCUT2D eigenvalue weighted by atomic mass is 16.3. The predicted molar refractivity (Wildman–Crippen MR) is 56.0 cm³/mol. The van der Waals surface area contributed by atoms with Crippen molar-refractivity contribution >= 4 is 0 Å². The normalized spacial score (nSPS) is 13.1. The standard InChI is InChI=1S/C10H19N3O/c1-7(6-14)4-11-5-10-8(2)12-13-9(10)3/h7,11,14H,4-6H2,1-3H3,(H,12,13). The Bertz CT molecular complexity index is 263. The van der Waals surface area contributed by atoms with Crippen molar-refractivity contribution in [2.24, 2.45) is 5.92 Å². The molecule has 1 aromatic rings. The number of aryl methyl sites for hydroxylation is 2. The van der Waals surface area contributed by atoms with E-state index in [2.05, 4.69) is 15.5 Å². The summed E-state index contributed by atoms with van der Waals surface area (Å²) in [6.45, 7) is 7.92. The molecule has 0 bridgehead atoms. The first-order valence-electron chi connectivity index (χ1n) is 4.97. The highest BCUT2D eigenvalue weighted by molar-refractivity contribution is 5.22. The first kappa shape index (κ1) is 11.2. The lowest BCUT2D eigenvalue weighted by atomic mass is 10.1. The minimum atomic E-state index is 0.232. The predicted octanol–water partition coefficient (Wildman–Crippen LogP) is 0.745. The van der Waals surface area contributed by atoms with Crippen LogP contribution in [0.25, 0.3) is 0 Å². The van der Waals surface area contributed by atoms with Gasteiger partial charge in [-0.25, -0.2) is 0 Å². The fraction of sp³-hybridized carbons (Fsp3) is 0.700. The minimum absolute atomic E-state index is 0.232. The van der Waals surface area contributed by atoms with Gasteiger partial charge in [0.2, 0.25) is 0 Å². The number of aromatic amines is 1. The van der Waals surface area contributed by atoms with Crippen LogP contribution in [0.2, 0.25) is 0 Å². The number of hydrogen-bond donors (Lipinski definition) is 3. The number of H-pyrrole nitrogens is 1. The smallest absolute Gasteiger partial charge is 0.0638 e. The maximum absolute atomic E-state index is 8.84. The third kappa shape index (κ3) is 2.82. The van der Waals surface area contributed by atoms with E-state index in [4.69, 9.17) is 5.11 Å². The number of aliphatic hydroxyl groups is 1. The third-order valence-corrected chi connectivity index (χ3v) is 2.39. The van der Waals surface area contributed by atoms with E-state index in [1.165, 1.54) is 5.56 Å². The van der Waals surface area contributed by atoms with Crippen molar-refractivity contribution in [2.45, 2.75) is 27.3 Å². The van der Waals surface area contributed by atoms with Crippen molar-refractivity contribution in [3.05, 3.63) is 17.0 Å². The van der Waals surface area contributed by atoms with Crippen LogP contribution in [0.5, 0.6) is 0 Å². The number of rotatable bonds is 5. The van der Waals surface area contributed by atoms with Gasteiger partial charge in [-0.3, -0.25) is 5.10 Å². The molecule has 1 aromatic heterocycles. The minimum Gasteiger partial charge on any atom is -0.396 e. The second-order valence-corrected chi connectivity index (χ2v) is 3.83. The SMILES string of the molecule is Cc1n[nH]c(C)c1CNCC(C)CO. The summed E-state index contributed by atoms with van der Waals surface area (Å²) in [6.07, 6.45) is 0. The van der Waals surface area contributed by atoms with Crippen LogP contribution in [-0.4, -0.2) is 28.5 Å². The summed E-state index contributed by atoms with van der Waals surface area (Å²) in [5, 5.41) is 19.2. The Balaban J connectivity index is 2.38. The fourth-order valence-electron chi connectivity index (χ4n) is 1.34. The molecule has 0 spiro atoms. The summed E-state index contributed by atoms with van der Waals surface area (Å²) in [5.41, 5.74) is 3.40. The fourth-order valence-corrected chi connectivity index (χ4v) is 1.34. The van der Waals surface area contributed by atoms with Crippen LogP contribution in [0.4, 0.5) is 0 Å². The first-order valence-corrected chi connectivity index (χ1v) is 4.97. The van der Waals surface area contributed by atoms with Crippen molar-refractivity contribution in [3.8, 4) is 0 Å². The molecule has 3 N–H and O–H groups in total. The molecule has 0 saturated carbocycles. The molecule has 0 saturated heterocycles. The Kier molecular flexibility index (Phi) is 4.10. The summed E-state index contributed by atoms with van der Waals surface area (Å²) >= 11 is 0. The molecule has 0 aromatic carbocycles. The second-order valence-electron chi connectivity index (χ2n) is 3.83. The average Bonchev–Trinajstić information content (AvgIpc) is 2.48. The maximum atomic E-state index is 8.84. The third-order valence-electron chi connectivity index (χ3n) is 2.39. The molecule has 0 aliphatic carbocycles. The van der Waals surface area contributed by atoms with E-state index in [0.717, 1.165) is 24.5 Å². The van der Waals surface area contributed by atoms with Gasteiger partial charge in [0, 0.05) is 31.0 Å². The lowest BCUT2D eigenvalue weighted by Crippen LogP contribution is -2.23. The van der Waals surface area contributed by atoms with Gasteiger partial charge >= 0.3 is 0 Å². The van der Waals surface area contributed by atoms with Gasteiger partial charge in [-0.1, -0.05) is 6.92 Å². The quantitative estimate of drug-likeness (QED) is 0.652. The van der Waals surface area contributed by atoms with Gasteiger partial charge < -0.3 is 10.4 Å². The molecule has 1 heterocycles. The summed E-state index contributed by atoms with van der Waals surface area (Å²) in [4.78, 5) is 0. The highest BCUT2D eigenvalue weighted by Gasteiger charge is 2.06. The van der Waals surface area contributed by atoms with Gasteiger partial charge in [0.15, 0.2) is 0 Å². The second kappa shape index (κ2) is 5.12. The monoisotopic (exact) mass is 197 g/mol. The molecule has 0 aliphatic heterocycles. The number of nitrogens with one attached hydrogen (secondary N) is 2. The Hall–Kier alpha value is -0.870. The van der Waals surface area contributed by atoms with Gasteiger partial charge in [0.05, 0.1) is 5.69 Å². The number of hydrogen-bond acceptors (Lipinski definition) is 3. The Morgan fingerprint density at radius 1 is 1.50 bits per heavy atom. The Morgan fingerprint density at radius 3 is 2.71 bits per heavy atom. The first-order chi connectivity index (χ1) is 6.65. The molecule has 4 nitrogen and oxygen atoms in total. The summed E-state index contributed by atoms with van der Waals surface area (Å²) in [6, 6.07) is 0. The molecule has 0 fully saturated rings.